The van der Waals surface area contributed by atoms with Crippen LogP contribution in [0.15, 0.2) is 47.4 Å². The average molecular weight is 287 g/mol. The highest BCUT2D eigenvalue weighted by Gasteiger charge is 2.07. The van der Waals surface area contributed by atoms with Crippen LogP contribution >= 0.6 is 35.0 Å². The van der Waals surface area contributed by atoms with E-state index in [2.05, 4.69) is 0 Å². The molecular formula is C13H9Cl2FS. The molecule has 0 fully saturated rings. The molecule has 0 amide bonds. The van der Waals surface area contributed by atoms with Crippen molar-refractivity contribution in [2.24, 2.45) is 0 Å². The summed E-state index contributed by atoms with van der Waals surface area (Å²) in [6.45, 7) is 0. The molecule has 0 nitrogen and oxygen atoms in total. The third-order valence-corrected chi connectivity index (χ3v) is 3.90. The number of rotatable bonds is 3. The second kappa shape index (κ2) is 5.76. The lowest BCUT2D eigenvalue weighted by atomic mass is 10.2. The number of hydrogen-bond acceptors (Lipinski definition) is 1. The molecule has 0 unspecified atom stereocenters. The maximum absolute atomic E-state index is 13.5. The molecule has 4 heteroatoms. The van der Waals surface area contributed by atoms with Gasteiger partial charge in [-0.1, -0.05) is 29.3 Å². The van der Waals surface area contributed by atoms with E-state index in [9.17, 15) is 4.39 Å². The molecule has 0 bridgehead atoms. The molecular weight excluding hydrogens is 278 g/mol. The largest absolute Gasteiger partial charge is 0.207 e. The van der Waals surface area contributed by atoms with Crippen molar-refractivity contribution < 1.29 is 4.39 Å². The van der Waals surface area contributed by atoms with Gasteiger partial charge in [0.1, 0.15) is 5.82 Å². The first kappa shape index (κ1) is 12.7. The van der Waals surface area contributed by atoms with Crippen molar-refractivity contribution in [3.05, 3.63) is 63.9 Å². The smallest absolute Gasteiger partial charge is 0.128 e. The van der Waals surface area contributed by atoms with E-state index in [1.165, 1.54) is 17.8 Å². The van der Waals surface area contributed by atoms with Crippen LogP contribution < -0.4 is 0 Å². The molecule has 0 radical (unpaired) electrons. The molecule has 0 aliphatic rings. The normalized spacial score (nSPS) is 10.5. The van der Waals surface area contributed by atoms with E-state index in [4.69, 9.17) is 23.2 Å². The highest BCUT2D eigenvalue weighted by molar-refractivity contribution is 7.98. The second-order valence-electron chi connectivity index (χ2n) is 3.44. The zero-order valence-electron chi connectivity index (χ0n) is 8.79. The Labute approximate surface area is 114 Å². The van der Waals surface area contributed by atoms with Gasteiger partial charge in [-0.25, -0.2) is 4.39 Å². The van der Waals surface area contributed by atoms with Gasteiger partial charge in [0.15, 0.2) is 0 Å². The summed E-state index contributed by atoms with van der Waals surface area (Å²) < 4.78 is 13.5. The Hall–Kier alpha value is -0.700. The molecule has 0 heterocycles. The van der Waals surface area contributed by atoms with E-state index in [0.29, 0.717) is 21.4 Å². The van der Waals surface area contributed by atoms with E-state index in [-0.39, 0.29) is 5.82 Å². The Morgan fingerprint density at radius 1 is 1.00 bits per heavy atom. The molecule has 0 aliphatic heterocycles. The molecule has 0 N–H and O–H groups in total. The summed E-state index contributed by atoms with van der Waals surface area (Å²) in [6, 6.07) is 12.2. The Kier molecular flexibility index (Phi) is 4.32. The van der Waals surface area contributed by atoms with Crippen molar-refractivity contribution in [2.45, 2.75) is 10.6 Å². The van der Waals surface area contributed by atoms with Gasteiger partial charge in [0.05, 0.1) is 0 Å². The molecule has 0 aliphatic carbocycles. The minimum absolute atomic E-state index is 0.265. The van der Waals surface area contributed by atoms with Crippen LogP contribution in [-0.4, -0.2) is 0 Å². The number of hydrogen-bond donors (Lipinski definition) is 0. The number of halogens is 3. The van der Waals surface area contributed by atoms with Crippen LogP contribution in [0.2, 0.25) is 10.0 Å². The molecule has 0 aromatic heterocycles. The van der Waals surface area contributed by atoms with E-state index in [1.807, 2.05) is 24.3 Å². The van der Waals surface area contributed by atoms with Gasteiger partial charge < -0.3 is 0 Å². The summed E-state index contributed by atoms with van der Waals surface area (Å²) in [6.07, 6.45) is 0. The van der Waals surface area contributed by atoms with E-state index in [0.717, 1.165) is 4.90 Å². The summed E-state index contributed by atoms with van der Waals surface area (Å²) in [5.41, 5.74) is 0.536. The van der Waals surface area contributed by atoms with Crippen LogP contribution in [0.25, 0.3) is 0 Å². The summed E-state index contributed by atoms with van der Waals surface area (Å²) in [5, 5.41) is 1.16. The Morgan fingerprint density at radius 2 is 1.71 bits per heavy atom. The third kappa shape index (κ3) is 3.38. The van der Waals surface area contributed by atoms with Gasteiger partial charge in [-0.2, -0.15) is 0 Å². The molecule has 0 saturated carbocycles. The lowest BCUT2D eigenvalue weighted by molar-refractivity contribution is 0.617. The van der Waals surface area contributed by atoms with Crippen LogP contribution in [0.3, 0.4) is 0 Å². The van der Waals surface area contributed by atoms with Crippen molar-refractivity contribution in [1.82, 2.24) is 0 Å². The Bertz CT molecular complexity index is 491. The standard InChI is InChI=1S/C13H9Cl2FS/c14-9-4-6-10(7-5-9)17-8-11-12(15)2-1-3-13(11)16/h1-7H,8H2. The molecule has 2 aromatic carbocycles. The van der Waals surface area contributed by atoms with Gasteiger partial charge in [0.2, 0.25) is 0 Å². The Balaban J connectivity index is 2.10. The fraction of sp³-hybridized carbons (Fsp3) is 0.0769. The summed E-state index contributed by atoms with van der Waals surface area (Å²) >= 11 is 13.3. The third-order valence-electron chi connectivity index (χ3n) is 2.26. The van der Waals surface area contributed by atoms with Gasteiger partial charge in [-0.05, 0) is 36.4 Å². The summed E-state index contributed by atoms with van der Waals surface area (Å²) in [4.78, 5) is 1.04. The fourth-order valence-electron chi connectivity index (χ4n) is 1.36. The monoisotopic (exact) mass is 286 g/mol. The molecule has 0 saturated heterocycles. The van der Waals surface area contributed by atoms with Crippen LogP contribution in [0.5, 0.6) is 0 Å². The molecule has 0 spiro atoms. The molecule has 17 heavy (non-hydrogen) atoms. The minimum atomic E-state index is -0.265. The molecule has 88 valence electrons. The lowest BCUT2D eigenvalue weighted by Crippen LogP contribution is -1.88. The average Bonchev–Trinajstić information content (AvgIpc) is 2.31. The van der Waals surface area contributed by atoms with Gasteiger partial charge in [-0.15, -0.1) is 11.8 Å². The van der Waals surface area contributed by atoms with Crippen LogP contribution in [0.1, 0.15) is 5.56 Å². The minimum Gasteiger partial charge on any atom is -0.207 e. The number of benzene rings is 2. The van der Waals surface area contributed by atoms with Gasteiger partial charge in [0, 0.05) is 26.3 Å². The van der Waals surface area contributed by atoms with Crippen molar-refractivity contribution in [2.75, 3.05) is 0 Å². The van der Waals surface area contributed by atoms with Crippen molar-refractivity contribution >= 4 is 35.0 Å². The highest BCUT2D eigenvalue weighted by atomic mass is 35.5. The predicted molar refractivity (Wildman–Crippen MR) is 72.4 cm³/mol. The maximum Gasteiger partial charge on any atom is 0.128 e. The van der Waals surface area contributed by atoms with Crippen molar-refractivity contribution in [3.8, 4) is 0 Å². The van der Waals surface area contributed by atoms with Crippen molar-refractivity contribution in [1.29, 1.82) is 0 Å². The summed E-state index contributed by atoms with van der Waals surface area (Å²) in [5.74, 6) is 0.242. The second-order valence-corrected chi connectivity index (χ2v) is 5.34. The van der Waals surface area contributed by atoms with Crippen LogP contribution in [0.4, 0.5) is 4.39 Å². The van der Waals surface area contributed by atoms with Crippen LogP contribution in [0, 0.1) is 5.82 Å². The molecule has 2 aromatic rings. The Morgan fingerprint density at radius 3 is 2.35 bits per heavy atom. The topological polar surface area (TPSA) is 0 Å². The quantitative estimate of drug-likeness (QED) is 0.679. The first-order valence-corrected chi connectivity index (χ1v) is 6.72. The zero-order chi connectivity index (χ0) is 12.3. The zero-order valence-corrected chi connectivity index (χ0v) is 11.1. The predicted octanol–water partition coefficient (Wildman–Crippen LogP) is 5.42. The van der Waals surface area contributed by atoms with Crippen LogP contribution in [-0.2, 0) is 5.75 Å². The first-order valence-electron chi connectivity index (χ1n) is 4.98. The van der Waals surface area contributed by atoms with Gasteiger partial charge in [-0.3, -0.25) is 0 Å². The molecule has 0 atom stereocenters. The van der Waals surface area contributed by atoms with Gasteiger partial charge >= 0.3 is 0 Å². The fourth-order valence-corrected chi connectivity index (χ4v) is 2.72. The van der Waals surface area contributed by atoms with Gasteiger partial charge in [0.25, 0.3) is 0 Å². The first-order chi connectivity index (χ1) is 8.16. The highest BCUT2D eigenvalue weighted by Crippen LogP contribution is 2.28. The molecule has 2 rings (SSSR count). The maximum atomic E-state index is 13.5. The van der Waals surface area contributed by atoms with Crippen molar-refractivity contribution in [3.63, 3.8) is 0 Å². The summed E-state index contributed by atoms with van der Waals surface area (Å²) in [7, 11) is 0. The number of thioether (sulfide) groups is 1. The SMILES string of the molecule is Fc1cccc(Cl)c1CSc1ccc(Cl)cc1. The van der Waals surface area contributed by atoms with E-state index < -0.39 is 0 Å². The van der Waals surface area contributed by atoms with E-state index in [1.54, 1.807) is 12.1 Å². The van der Waals surface area contributed by atoms with E-state index >= 15 is 0 Å². The lowest BCUT2D eigenvalue weighted by Gasteiger charge is -2.05.